The smallest absolute Gasteiger partial charge is 0.238 e. The SMILES string of the molecule is N=C(N)c1cccc(CN(Cc2ccccc2)C(=O)Cc2ccc(-c3ccccc3S(N)(=O)=O)cc2)c1. The minimum Gasteiger partial charge on any atom is -0.384 e. The van der Waals surface area contributed by atoms with Crippen molar-refractivity contribution in [2.75, 3.05) is 0 Å². The molecule has 0 spiro atoms. The van der Waals surface area contributed by atoms with Gasteiger partial charge in [0.15, 0.2) is 0 Å². The minimum atomic E-state index is -3.87. The molecule has 37 heavy (non-hydrogen) atoms. The largest absolute Gasteiger partial charge is 0.384 e. The van der Waals surface area contributed by atoms with Crippen molar-refractivity contribution in [2.24, 2.45) is 10.9 Å². The molecular weight excluding hydrogens is 484 g/mol. The van der Waals surface area contributed by atoms with Gasteiger partial charge in [-0.15, -0.1) is 0 Å². The van der Waals surface area contributed by atoms with Crippen LogP contribution in [0.4, 0.5) is 0 Å². The second-order valence-electron chi connectivity index (χ2n) is 8.76. The highest BCUT2D eigenvalue weighted by atomic mass is 32.2. The summed E-state index contributed by atoms with van der Waals surface area (Å²) in [5.41, 5.74) is 10.2. The first-order valence-electron chi connectivity index (χ1n) is 11.7. The average Bonchev–Trinajstić information content (AvgIpc) is 2.89. The average molecular weight is 513 g/mol. The normalized spacial score (nSPS) is 11.2. The van der Waals surface area contributed by atoms with Gasteiger partial charge in [-0.25, -0.2) is 13.6 Å². The van der Waals surface area contributed by atoms with Gasteiger partial charge in [-0.2, -0.15) is 0 Å². The molecule has 4 aromatic carbocycles. The van der Waals surface area contributed by atoms with E-state index in [1.165, 1.54) is 6.07 Å². The zero-order valence-corrected chi connectivity index (χ0v) is 21.0. The second-order valence-corrected chi connectivity index (χ2v) is 10.3. The maximum Gasteiger partial charge on any atom is 0.238 e. The number of primary sulfonamides is 1. The van der Waals surface area contributed by atoms with Gasteiger partial charge in [0.25, 0.3) is 0 Å². The van der Waals surface area contributed by atoms with Crippen LogP contribution in [0.25, 0.3) is 11.1 Å². The van der Waals surface area contributed by atoms with Crippen molar-refractivity contribution in [1.29, 1.82) is 5.41 Å². The molecule has 0 fully saturated rings. The minimum absolute atomic E-state index is 0.0214. The van der Waals surface area contributed by atoms with Gasteiger partial charge in [-0.05, 0) is 34.4 Å². The number of carbonyl (C=O) groups excluding carboxylic acids is 1. The Kier molecular flexibility index (Phi) is 7.81. The summed E-state index contributed by atoms with van der Waals surface area (Å²) in [5.74, 6) is -0.0818. The Labute approximate surface area is 216 Å². The summed E-state index contributed by atoms with van der Waals surface area (Å²) in [6, 6.07) is 30.9. The zero-order valence-electron chi connectivity index (χ0n) is 20.2. The van der Waals surface area contributed by atoms with E-state index in [4.69, 9.17) is 16.3 Å². The lowest BCUT2D eigenvalue weighted by molar-refractivity contribution is -0.131. The van der Waals surface area contributed by atoms with Crippen molar-refractivity contribution < 1.29 is 13.2 Å². The van der Waals surface area contributed by atoms with Crippen molar-refractivity contribution in [3.63, 3.8) is 0 Å². The van der Waals surface area contributed by atoms with Crippen LogP contribution in [0, 0.1) is 5.41 Å². The third kappa shape index (κ3) is 6.69. The van der Waals surface area contributed by atoms with Crippen molar-refractivity contribution in [2.45, 2.75) is 24.4 Å². The molecule has 7 nitrogen and oxygen atoms in total. The number of hydrogen-bond donors (Lipinski definition) is 3. The summed E-state index contributed by atoms with van der Waals surface area (Å²) in [7, 11) is -3.87. The summed E-state index contributed by atoms with van der Waals surface area (Å²) >= 11 is 0. The molecule has 188 valence electrons. The molecule has 0 bridgehead atoms. The number of rotatable bonds is 9. The van der Waals surface area contributed by atoms with Crippen LogP contribution in [0.15, 0.2) is 108 Å². The summed E-state index contributed by atoms with van der Waals surface area (Å²) < 4.78 is 24.0. The van der Waals surface area contributed by atoms with E-state index in [-0.39, 0.29) is 23.1 Å². The third-order valence-electron chi connectivity index (χ3n) is 5.99. The highest BCUT2D eigenvalue weighted by Crippen LogP contribution is 2.27. The van der Waals surface area contributed by atoms with E-state index >= 15 is 0 Å². The first kappa shape index (κ1) is 25.8. The van der Waals surface area contributed by atoms with Crippen LogP contribution >= 0.6 is 0 Å². The number of sulfonamides is 1. The summed E-state index contributed by atoms with van der Waals surface area (Å²) in [6.07, 6.45) is 0.177. The van der Waals surface area contributed by atoms with Crippen molar-refractivity contribution >= 4 is 21.8 Å². The van der Waals surface area contributed by atoms with Gasteiger partial charge in [0.05, 0.1) is 11.3 Å². The quantitative estimate of drug-likeness (QED) is 0.231. The van der Waals surface area contributed by atoms with Gasteiger partial charge in [0.2, 0.25) is 15.9 Å². The molecule has 0 saturated heterocycles. The van der Waals surface area contributed by atoms with Crippen molar-refractivity contribution in [1.82, 2.24) is 4.90 Å². The fourth-order valence-electron chi connectivity index (χ4n) is 4.14. The lowest BCUT2D eigenvalue weighted by Crippen LogP contribution is -2.31. The first-order valence-corrected chi connectivity index (χ1v) is 13.2. The van der Waals surface area contributed by atoms with Gasteiger partial charge < -0.3 is 10.6 Å². The Morgan fingerprint density at radius 1 is 0.757 bits per heavy atom. The van der Waals surface area contributed by atoms with Gasteiger partial charge >= 0.3 is 0 Å². The third-order valence-corrected chi connectivity index (χ3v) is 6.96. The fraction of sp³-hybridized carbons (Fsp3) is 0.103. The van der Waals surface area contributed by atoms with Crippen LogP contribution in [0.2, 0.25) is 0 Å². The molecular formula is C29H28N4O3S. The molecule has 4 rings (SSSR count). The maximum atomic E-state index is 13.4. The Morgan fingerprint density at radius 3 is 2.05 bits per heavy atom. The molecule has 0 saturated carbocycles. The predicted octanol–water partition coefficient (Wildman–Crippen LogP) is 4.06. The van der Waals surface area contributed by atoms with Crippen LogP contribution < -0.4 is 10.9 Å². The van der Waals surface area contributed by atoms with E-state index in [1.54, 1.807) is 41.3 Å². The lowest BCUT2D eigenvalue weighted by atomic mass is 10.0. The Morgan fingerprint density at radius 2 is 1.38 bits per heavy atom. The zero-order chi connectivity index (χ0) is 26.4. The van der Waals surface area contributed by atoms with E-state index in [0.717, 1.165) is 16.7 Å². The highest BCUT2D eigenvalue weighted by molar-refractivity contribution is 7.89. The van der Waals surface area contributed by atoms with E-state index in [2.05, 4.69) is 0 Å². The van der Waals surface area contributed by atoms with Crippen LogP contribution in [-0.2, 0) is 34.3 Å². The van der Waals surface area contributed by atoms with E-state index in [0.29, 0.717) is 29.8 Å². The molecule has 0 atom stereocenters. The molecule has 8 heteroatoms. The lowest BCUT2D eigenvalue weighted by Gasteiger charge is -2.24. The number of nitrogens with zero attached hydrogens (tertiary/aromatic N) is 1. The van der Waals surface area contributed by atoms with Crippen LogP contribution in [-0.4, -0.2) is 25.1 Å². The number of amidine groups is 1. The number of nitrogens with two attached hydrogens (primary N) is 2. The molecule has 1 amide bonds. The first-order chi connectivity index (χ1) is 17.7. The number of carbonyl (C=O) groups is 1. The van der Waals surface area contributed by atoms with Crippen LogP contribution in [0.5, 0.6) is 0 Å². The highest BCUT2D eigenvalue weighted by Gasteiger charge is 2.17. The summed E-state index contributed by atoms with van der Waals surface area (Å²) in [4.78, 5) is 15.3. The Balaban J connectivity index is 1.56. The van der Waals surface area contributed by atoms with Crippen LogP contribution in [0.1, 0.15) is 22.3 Å². The van der Waals surface area contributed by atoms with Crippen molar-refractivity contribution in [3.8, 4) is 11.1 Å². The molecule has 0 heterocycles. The molecule has 5 N–H and O–H groups in total. The molecule has 0 aromatic heterocycles. The monoisotopic (exact) mass is 512 g/mol. The van der Waals surface area contributed by atoms with E-state index in [1.807, 2.05) is 60.7 Å². The number of nitrogen functional groups attached to an aromatic ring is 1. The summed E-state index contributed by atoms with van der Waals surface area (Å²) in [5, 5.41) is 13.1. The van der Waals surface area contributed by atoms with Crippen molar-refractivity contribution in [3.05, 3.63) is 125 Å². The second kappa shape index (κ2) is 11.2. The van der Waals surface area contributed by atoms with Gasteiger partial charge in [0.1, 0.15) is 5.84 Å². The number of hydrogen-bond acceptors (Lipinski definition) is 4. The van der Waals surface area contributed by atoms with Gasteiger partial charge in [0, 0.05) is 24.2 Å². The van der Waals surface area contributed by atoms with Gasteiger partial charge in [-0.3, -0.25) is 10.2 Å². The molecule has 0 aliphatic carbocycles. The van der Waals surface area contributed by atoms with E-state index < -0.39 is 10.0 Å². The Hall–Kier alpha value is -4.27. The maximum absolute atomic E-state index is 13.4. The van der Waals surface area contributed by atoms with E-state index in [9.17, 15) is 13.2 Å². The summed E-state index contributed by atoms with van der Waals surface area (Å²) in [6.45, 7) is 0.804. The molecule has 0 aliphatic rings. The topological polar surface area (TPSA) is 130 Å². The Bertz CT molecular complexity index is 1520. The number of amides is 1. The molecule has 4 aromatic rings. The molecule has 0 radical (unpaired) electrons. The van der Waals surface area contributed by atoms with Crippen LogP contribution in [0.3, 0.4) is 0 Å². The predicted molar refractivity (Wildman–Crippen MR) is 145 cm³/mol. The fourth-order valence-corrected chi connectivity index (χ4v) is 4.90. The number of nitrogens with one attached hydrogen (secondary N) is 1. The molecule has 0 aliphatic heterocycles. The standard InChI is InChI=1S/C29H28N4O3S/c30-29(31)25-10-6-9-23(17-25)20-33(19-22-7-2-1-3-8-22)28(34)18-21-13-15-24(16-14-21)26-11-4-5-12-27(26)37(32,35)36/h1-17H,18-20H2,(H3,30,31)(H2,32,35,36). The van der Waals surface area contributed by atoms with Gasteiger partial charge in [-0.1, -0.05) is 91.0 Å². The molecule has 0 unspecified atom stereocenters. The number of benzene rings is 4.